The molecule has 4 aromatic rings. The number of carbonyl (C=O) groups excluding carboxylic acids is 2. The maximum Gasteiger partial charge on any atom is 0.261 e. The first-order valence-electron chi connectivity index (χ1n) is 10.7. The van der Waals surface area contributed by atoms with Crippen molar-refractivity contribution in [3.05, 3.63) is 58.2 Å². The van der Waals surface area contributed by atoms with E-state index in [0.717, 1.165) is 21.2 Å². The van der Waals surface area contributed by atoms with Crippen LogP contribution in [0.3, 0.4) is 0 Å². The molecule has 2 N–H and O–H groups in total. The van der Waals surface area contributed by atoms with Crippen LogP contribution < -0.4 is 10.1 Å². The van der Waals surface area contributed by atoms with Crippen molar-refractivity contribution in [1.82, 2.24) is 19.8 Å². The highest BCUT2D eigenvalue weighted by atomic mass is 32.1. The Morgan fingerprint density at radius 2 is 2.03 bits per heavy atom. The molecule has 1 fully saturated rings. The Balaban J connectivity index is 1.50. The number of nitrogens with one attached hydrogen (secondary N) is 1. The van der Waals surface area contributed by atoms with Crippen LogP contribution in [-0.2, 0) is 0 Å². The summed E-state index contributed by atoms with van der Waals surface area (Å²) < 4.78 is 8.84. The van der Waals surface area contributed by atoms with E-state index in [4.69, 9.17) is 4.74 Å². The third-order valence-corrected chi connectivity index (χ3v) is 7.64. The summed E-state index contributed by atoms with van der Waals surface area (Å²) in [4.78, 5) is 27.5. The standard InChI is InChI=1S/C24H24N4O4S/c1-12-17(24(31)27-11-18(29)14(27)3)10-28-21(12)19(7-8-26-28)32-15-5-6-16-13(2)22(23(30)25-4)33-20(16)9-15/h5-10,14,18,29H,11H2,1-4H3,(H,25,30)/t14-,18+/m1/s1. The molecule has 1 saturated heterocycles. The number of aliphatic hydroxyl groups excluding tert-OH is 1. The Kier molecular flexibility index (Phi) is 5.10. The van der Waals surface area contributed by atoms with Crippen molar-refractivity contribution in [2.75, 3.05) is 13.6 Å². The molecule has 0 aliphatic carbocycles. The highest BCUT2D eigenvalue weighted by Gasteiger charge is 2.38. The zero-order chi connectivity index (χ0) is 23.4. The molecule has 3 aromatic heterocycles. The Labute approximate surface area is 194 Å². The number of amides is 2. The lowest BCUT2D eigenvalue weighted by molar-refractivity contribution is -0.0357. The van der Waals surface area contributed by atoms with Crippen molar-refractivity contribution in [2.45, 2.75) is 32.9 Å². The van der Waals surface area contributed by atoms with Crippen LogP contribution in [0.5, 0.6) is 11.5 Å². The predicted octanol–water partition coefficient (Wildman–Crippen LogP) is 3.52. The first-order chi connectivity index (χ1) is 15.8. The van der Waals surface area contributed by atoms with E-state index in [0.29, 0.717) is 34.0 Å². The van der Waals surface area contributed by atoms with Gasteiger partial charge in [0.05, 0.1) is 28.8 Å². The number of hydrogen-bond acceptors (Lipinski definition) is 6. The van der Waals surface area contributed by atoms with Crippen molar-refractivity contribution < 1.29 is 19.4 Å². The van der Waals surface area contributed by atoms with Crippen LogP contribution >= 0.6 is 11.3 Å². The number of ether oxygens (including phenoxy) is 1. The summed E-state index contributed by atoms with van der Waals surface area (Å²) in [7, 11) is 1.62. The normalized spacial score (nSPS) is 17.9. The fraction of sp³-hybridized carbons (Fsp3) is 0.292. The van der Waals surface area contributed by atoms with Crippen LogP contribution in [0.4, 0.5) is 0 Å². The number of carbonyl (C=O) groups is 2. The van der Waals surface area contributed by atoms with E-state index in [1.807, 2.05) is 39.0 Å². The van der Waals surface area contributed by atoms with Gasteiger partial charge in [-0.15, -0.1) is 11.3 Å². The summed E-state index contributed by atoms with van der Waals surface area (Å²) in [5, 5.41) is 17.8. The minimum atomic E-state index is -0.483. The number of thiophene rings is 1. The molecule has 0 bridgehead atoms. The highest BCUT2D eigenvalue weighted by Crippen LogP contribution is 2.36. The van der Waals surface area contributed by atoms with E-state index < -0.39 is 6.10 Å². The molecule has 0 saturated carbocycles. The molecule has 1 aromatic carbocycles. The number of hydrogen-bond donors (Lipinski definition) is 2. The average Bonchev–Trinajstić information content (AvgIpc) is 3.33. The largest absolute Gasteiger partial charge is 0.455 e. The number of aliphatic hydroxyl groups is 1. The Morgan fingerprint density at radius 1 is 1.24 bits per heavy atom. The van der Waals surface area contributed by atoms with Gasteiger partial charge in [0.2, 0.25) is 0 Å². The predicted molar refractivity (Wildman–Crippen MR) is 126 cm³/mol. The van der Waals surface area contributed by atoms with Crippen LogP contribution in [-0.4, -0.2) is 57.2 Å². The van der Waals surface area contributed by atoms with Gasteiger partial charge in [-0.2, -0.15) is 5.10 Å². The van der Waals surface area contributed by atoms with Crippen molar-refractivity contribution >= 4 is 38.8 Å². The van der Waals surface area contributed by atoms with Crippen LogP contribution in [0, 0.1) is 13.8 Å². The van der Waals surface area contributed by atoms with Gasteiger partial charge in [0, 0.05) is 30.6 Å². The van der Waals surface area contributed by atoms with Gasteiger partial charge in [0.25, 0.3) is 11.8 Å². The van der Waals surface area contributed by atoms with E-state index in [9.17, 15) is 14.7 Å². The monoisotopic (exact) mass is 464 g/mol. The topological polar surface area (TPSA) is 96.2 Å². The molecule has 1 aliphatic heterocycles. The number of nitrogens with zero attached hydrogens (tertiary/aromatic N) is 3. The molecule has 8 nitrogen and oxygen atoms in total. The summed E-state index contributed by atoms with van der Waals surface area (Å²) in [6.45, 7) is 5.99. The van der Waals surface area contributed by atoms with Gasteiger partial charge in [0.1, 0.15) is 11.3 Å². The summed E-state index contributed by atoms with van der Waals surface area (Å²) >= 11 is 1.43. The summed E-state index contributed by atoms with van der Waals surface area (Å²) in [5.41, 5.74) is 2.97. The van der Waals surface area contributed by atoms with Crippen LogP contribution in [0.25, 0.3) is 15.6 Å². The number of fused-ring (bicyclic) bond motifs is 2. The second-order valence-electron chi connectivity index (χ2n) is 8.32. The van der Waals surface area contributed by atoms with Gasteiger partial charge >= 0.3 is 0 Å². The molecule has 0 spiro atoms. The van der Waals surface area contributed by atoms with Gasteiger partial charge in [-0.3, -0.25) is 9.59 Å². The first-order valence-corrected chi connectivity index (χ1v) is 11.5. The molecule has 33 heavy (non-hydrogen) atoms. The molecular formula is C24H24N4O4S. The van der Waals surface area contributed by atoms with Gasteiger partial charge in [-0.1, -0.05) is 0 Å². The summed E-state index contributed by atoms with van der Waals surface area (Å²) in [6.07, 6.45) is 2.85. The third kappa shape index (κ3) is 3.35. The van der Waals surface area contributed by atoms with Crippen molar-refractivity contribution in [3.63, 3.8) is 0 Å². The van der Waals surface area contributed by atoms with E-state index in [1.54, 1.807) is 34.9 Å². The number of β-amino-alcohol motifs (C(OH)–C–C–N with tert-alkyl or cyclic N) is 1. The highest BCUT2D eigenvalue weighted by molar-refractivity contribution is 7.21. The molecule has 1 aliphatic rings. The smallest absolute Gasteiger partial charge is 0.261 e. The lowest BCUT2D eigenvalue weighted by atomic mass is 9.99. The molecular weight excluding hydrogens is 440 g/mol. The number of rotatable bonds is 4. The maximum atomic E-state index is 13.0. The SMILES string of the molecule is CNC(=O)c1sc2cc(Oc3ccnn4cc(C(=O)N5C[C@H](O)[C@H]5C)c(C)c34)ccc2c1C. The van der Waals surface area contributed by atoms with E-state index >= 15 is 0 Å². The van der Waals surface area contributed by atoms with Gasteiger partial charge in [-0.05, 0) is 55.5 Å². The minimum Gasteiger partial charge on any atom is -0.455 e. The number of benzene rings is 1. The second kappa shape index (κ2) is 7.86. The molecule has 0 radical (unpaired) electrons. The Hall–Kier alpha value is -3.43. The van der Waals surface area contributed by atoms with Crippen LogP contribution in [0.15, 0.2) is 36.7 Å². The van der Waals surface area contributed by atoms with E-state index in [2.05, 4.69) is 10.4 Å². The number of aromatic nitrogens is 2. The van der Waals surface area contributed by atoms with Gasteiger partial charge < -0.3 is 20.1 Å². The Morgan fingerprint density at radius 3 is 2.73 bits per heavy atom. The van der Waals surface area contributed by atoms with E-state index in [1.165, 1.54) is 11.3 Å². The number of likely N-dealkylation sites (tertiary alicyclic amines) is 1. The summed E-state index contributed by atoms with van der Waals surface area (Å²) in [5.74, 6) is 0.988. The summed E-state index contributed by atoms with van der Waals surface area (Å²) in [6, 6.07) is 7.32. The quantitative estimate of drug-likeness (QED) is 0.482. The molecule has 5 rings (SSSR count). The fourth-order valence-electron chi connectivity index (χ4n) is 4.26. The average molecular weight is 465 g/mol. The zero-order valence-electron chi connectivity index (χ0n) is 18.7. The fourth-order valence-corrected chi connectivity index (χ4v) is 5.44. The molecule has 0 unspecified atom stereocenters. The second-order valence-corrected chi connectivity index (χ2v) is 9.37. The lowest BCUT2D eigenvalue weighted by Gasteiger charge is -2.43. The number of aryl methyl sites for hydroxylation is 2. The Bertz CT molecular complexity index is 1420. The molecule has 2 atom stereocenters. The molecule has 4 heterocycles. The first kappa shape index (κ1) is 21.4. The maximum absolute atomic E-state index is 13.0. The van der Waals surface area contributed by atoms with Gasteiger partial charge in [0.15, 0.2) is 5.75 Å². The van der Waals surface area contributed by atoms with Crippen molar-refractivity contribution in [2.24, 2.45) is 0 Å². The van der Waals surface area contributed by atoms with Crippen LogP contribution in [0.2, 0.25) is 0 Å². The molecule has 2 amide bonds. The van der Waals surface area contributed by atoms with Crippen LogP contribution in [0.1, 0.15) is 38.1 Å². The lowest BCUT2D eigenvalue weighted by Crippen LogP contribution is -2.60. The third-order valence-electron chi connectivity index (χ3n) is 6.38. The molecule has 9 heteroatoms. The van der Waals surface area contributed by atoms with Crippen molar-refractivity contribution in [3.8, 4) is 11.5 Å². The van der Waals surface area contributed by atoms with E-state index in [-0.39, 0.29) is 17.9 Å². The minimum absolute atomic E-state index is 0.0999. The molecule has 170 valence electrons. The zero-order valence-corrected chi connectivity index (χ0v) is 19.6. The van der Waals surface area contributed by atoms with Crippen molar-refractivity contribution in [1.29, 1.82) is 0 Å². The van der Waals surface area contributed by atoms with Gasteiger partial charge in [-0.25, -0.2) is 4.52 Å².